The second-order valence-electron chi connectivity index (χ2n) is 6.39. The molecule has 0 bridgehead atoms. The highest BCUT2D eigenvalue weighted by Gasteiger charge is 2.12. The lowest BCUT2D eigenvalue weighted by atomic mass is 10.1. The molecule has 3 nitrogen and oxygen atoms in total. The average molecular weight is 375 g/mol. The van der Waals surface area contributed by atoms with E-state index in [0.717, 1.165) is 5.69 Å². The molecule has 0 saturated heterocycles. The van der Waals surface area contributed by atoms with Gasteiger partial charge in [-0.2, -0.15) is 0 Å². The highest BCUT2D eigenvalue weighted by atomic mass is 32.1. The van der Waals surface area contributed by atoms with Gasteiger partial charge in [0.2, 0.25) is 0 Å². The zero-order chi connectivity index (χ0) is 19.1. The minimum Gasteiger partial charge on any atom is -0.340 e. The molecule has 0 aromatic heterocycles. The maximum absolute atomic E-state index is 11.4. The molecule has 0 fully saturated rings. The molecule has 0 atom stereocenters. The summed E-state index contributed by atoms with van der Waals surface area (Å²) in [6.07, 6.45) is 0. The minimum absolute atomic E-state index is 0.0545. The number of hydrogen-bond donors (Lipinski definition) is 1. The first-order chi connectivity index (χ1) is 13.1. The van der Waals surface area contributed by atoms with Crippen molar-refractivity contribution < 1.29 is 4.79 Å². The van der Waals surface area contributed by atoms with E-state index >= 15 is 0 Å². The van der Waals surface area contributed by atoms with Crippen molar-refractivity contribution in [1.82, 2.24) is 4.90 Å². The largest absolute Gasteiger partial charge is 0.340 e. The van der Waals surface area contributed by atoms with Crippen molar-refractivity contribution in [2.24, 2.45) is 0 Å². The molecule has 3 aromatic rings. The molecule has 0 radical (unpaired) electrons. The Kier molecular flexibility index (Phi) is 6.34. The van der Waals surface area contributed by atoms with E-state index in [1.165, 1.54) is 11.1 Å². The van der Waals surface area contributed by atoms with Gasteiger partial charge >= 0.3 is 0 Å². The molecule has 0 spiro atoms. The molecule has 3 aromatic carbocycles. The fourth-order valence-electron chi connectivity index (χ4n) is 2.80. The first kappa shape index (κ1) is 18.8. The molecule has 0 unspecified atom stereocenters. The zero-order valence-electron chi connectivity index (χ0n) is 15.3. The molecule has 3 rings (SSSR count). The molecule has 1 N–H and O–H groups in total. The van der Waals surface area contributed by atoms with Crippen LogP contribution in [0.4, 0.5) is 5.69 Å². The third-order valence-corrected chi connectivity index (χ3v) is 4.62. The maximum atomic E-state index is 11.4. The summed E-state index contributed by atoms with van der Waals surface area (Å²) < 4.78 is 0. The topological polar surface area (TPSA) is 32.3 Å². The van der Waals surface area contributed by atoms with Gasteiger partial charge in [-0.05, 0) is 54.5 Å². The Bertz CT molecular complexity index is 851. The third-order valence-electron chi connectivity index (χ3n) is 4.26. The molecular weight excluding hydrogens is 352 g/mol. The number of nitrogens with zero attached hydrogens (tertiary/aromatic N) is 1. The quantitative estimate of drug-likeness (QED) is 0.469. The van der Waals surface area contributed by atoms with Crippen LogP contribution in [0.2, 0.25) is 0 Å². The lowest BCUT2D eigenvalue weighted by Gasteiger charge is -2.26. The Morgan fingerprint density at radius 1 is 0.815 bits per heavy atom. The number of thiocarbonyl (C=S) groups is 1. The van der Waals surface area contributed by atoms with Gasteiger partial charge in [0.1, 0.15) is 0 Å². The van der Waals surface area contributed by atoms with Crippen LogP contribution in [-0.2, 0) is 13.1 Å². The Morgan fingerprint density at radius 3 is 1.74 bits per heavy atom. The first-order valence-corrected chi connectivity index (χ1v) is 9.27. The van der Waals surface area contributed by atoms with E-state index in [1.807, 2.05) is 60.7 Å². The smallest absolute Gasteiger partial charge is 0.174 e. The average Bonchev–Trinajstić information content (AvgIpc) is 2.69. The van der Waals surface area contributed by atoms with E-state index < -0.39 is 0 Å². The number of nitrogens with one attached hydrogen (secondary N) is 1. The number of carbonyl (C=O) groups excluding carboxylic acids is 1. The Morgan fingerprint density at radius 2 is 1.30 bits per heavy atom. The van der Waals surface area contributed by atoms with E-state index in [9.17, 15) is 4.79 Å². The zero-order valence-corrected chi connectivity index (χ0v) is 16.1. The van der Waals surface area contributed by atoms with E-state index in [4.69, 9.17) is 12.2 Å². The highest BCUT2D eigenvalue weighted by Crippen LogP contribution is 2.15. The summed E-state index contributed by atoms with van der Waals surface area (Å²) in [4.78, 5) is 13.6. The molecule has 0 heterocycles. The number of carbonyl (C=O) groups is 1. The number of benzene rings is 3. The van der Waals surface area contributed by atoms with Gasteiger partial charge in [-0.25, -0.2) is 0 Å². The van der Waals surface area contributed by atoms with Crippen LogP contribution in [-0.4, -0.2) is 15.8 Å². The summed E-state index contributed by atoms with van der Waals surface area (Å²) in [5.74, 6) is 0.0545. The number of ketones is 1. The molecule has 136 valence electrons. The summed E-state index contributed by atoms with van der Waals surface area (Å²) in [7, 11) is 0. The van der Waals surface area contributed by atoms with Crippen LogP contribution in [0.3, 0.4) is 0 Å². The maximum Gasteiger partial charge on any atom is 0.174 e. The number of hydrogen-bond acceptors (Lipinski definition) is 2. The second kappa shape index (κ2) is 9.10. The predicted molar refractivity (Wildman–Crippen MR) is 115 cm³/mol. The minimum atomic E-state index is 0.0545. The van der Waals surface area contributed by atoms with E-state index in [0.29, 0.717) is 23.8 Å². The van der Waals surface area contributed by atoms with Gasteiger partial charge in [0, 0.05) is 24.3 Å². The SMILES string of the molecule is CC(=O)c1ccc(NC(=S)N(Cc2ccccc2)Cc2ccccc2)cc1. The fraction of sp³-hybridized carbons (Fsp3) is 0.130. The van der Waals surface area contributed by atoms with Crippen LogP contribution in [0.15, 0.2) is 84.9 Å². The van der Waals surface area contributed by atoms with Crippen LogP contribution < -0.4 is 5.32 Å². The Balaban J connectivity index is 1.76. The van der Waals surface area contributed by atoms with Gasteiger partial charge in [-0.1, -0.05) is 60.7 Å². The van der Waals surface area contributed by atoms with Crippen LogP contribution in [0.25, 0.3) is 0 Å². The summed E-state index contributed by atoms with van der Waals surface area (Å²) in [5.41, 5.74) is 3.96. The molecule has 0 saturated carbocycles. The van der Waals surface area contributed by atoms with Crippen molar-refractivity contribution in [3.63, 3.8) is 0 Å². The number of rotatable bonds is 6. The molecule has 0 aliphatic rings. The van der Waals surface area contributed by atoms with Gasteiger partial charge < -0.3 is 10.2 Å². The molecule has 4 heteroatoms. The van der Waals surface area contributed by atoms with Crippen molar-refractivity contribution in [3.05, 3.63) is 102 Å². The number of Topliss-reactive ketones (excluding diaryl/α,β-unsaturated/α-hetero) is 1. The molecule has 0 aliphatic heterocycles. The molecule has 0 amide bonds. The normalized spacial score (nSPS) is 10.3. The highest BCUT2D eigenvalue weighted by molar-refractivity contribution is 7.80. The van der Waals surface area contributed by atoms with Crippen LogP contribution in [0.1, 0.15) is 28.4 Å². The monoisotopic (exact) mass is 374 g/mol. The summed E-state index contributed by atoms with van der Waals surface area (Å²) in [6, 6.07) is 27.9. The summed E-state index contributed by atoms with van der Waals surface area (Å²) >= 11 is 5.69. The van der Waals surface area contributed by atoms with Crippen LogP contribution in [0.5, 0.6) is 0 Å². The fourth-order valence-corrected chi connectivity index (χ4v) is 3.04. The number of anilines is 1. The van der Waals surface area contributed by atoms with Crippen molar-refractivity contribution in [3.8, 4) is 0 Å². The van der Waals surface area contributed by atoms with E-state index in [1.54, 1.807) is 6.92 Å². The van der Waals surface area contributed by atoms with E-state index in [2.05, 4.69) is 34.5 Å². The lowest BCUT2D eigenvalue weighted by molar-refractivity contribution is 0.101. The Labute approximate surface area is 165 Å². The summed E-state index contributed by atoms with van der Waals surface area (Å²) in [6.45, 7) is 2.99. The van der Waals surface area contributed by atoms with Gasteiger partial charge in [-0.15, -0.1) is 0 Å². The van der Waals surface area contributed by atoms with Crippen molar-refractivity contribution in [2.45, 2.75) is 20.0 Å². The molecular formula is C23H22N2OS. The predicted octanol–water partition coefficient (Wildman–Crippen LogP) is 5.29. The standard InChI is InChI=1S/C23H22N2OS/c1-18(26)21-12-14-22(15-13-21)24-23(27)25(16-19-8-4-2-5-9-19)17-20-10-6-3-7-11-20/h2-15H,16-17H2,1H3,(H,24,27). The summed E-state index contributed by atoms with van der Waals surface area (Å²) in [5, 5.41) is 3.95. The van der Waals surface area contributed by atoms with Crippen LogP contribution in [0, 0.1) is 0 Å². The van der Waals surface area contributed by atoms with Crippen molar-refractivity contribution >= 4 is 28.8 Å². The van der Waals surface area contributed by atoms with E-state index in [-0.39, 0.29) is 5.78 Å². The van der Waals surface area contributed by atoms with Crippen molar-refractivity contribution in [1.29, 1.82) is 0 Å². The lowest BCUT2D eigenvalue weighted by Crippen LogP contribution is -2.33. The first-order valence-electron chi connectivity index (χ1n) is 8.86. The molecule has 0 aliphatic carbocycles. The third kappa shape index (κ3) is 5.50. The van der Waals surface area contributed by atoms with Gasteiger partial charge in [0.25, 0.3) is 0 Å². The van der Waals surface area contributed by atoms with Gasteiger partial charge in [-0.3, -0.25) is 4.79 Å². The van der Waals surface area contributed by atoms with Gasteiger partial charge in [0.05, 0.1) is 0 Å². The Hall–Kier alpha value is -2.98. The van der Waals surface area contributed by atoms with Crippen LogP contribution >= 0.6 is 12.2 Å². The second-order valence-corrected chi connectivity index (χ2v) is 6.78. The molecule has 27 heavy (non-hydrogen) atoms. The van der Waals surface area contributed by atoms with Crippen molar-refractivity contribution in [2.75, 3.05) is 5.32 Å². The van der Waals surface area contributed by atoms with Gasteiger partial charge in [0.15, 0.2) is 10.9 Å².